The highest BCUT2D eigenvalue weighted by atomic mass is 32.1. The third-order valence-corrected chi connectivity index (χ3v) is 13.1. The number of nitrogens with zero attached hydrogens (tertiary/aromatic N) is 1. The molecule has 1 aliphatic rings. The van der Waals surface area contributed by atoms with Gasteiger partial charge in [-0.1, -0.05) is 170 Å². The van der Waals surface area contributed by atoms with E-state index in [0.717, 1.165) is 44.4 Å². The van der Waals surface area contributed by atoms with Gasteiger partial charge >= 0.3 is 0 Å². The first-order chi connectivity index (χ1) is 27.8. The predicted molar refractivity (Wildman–Crippen MR) is 236 cm³/mol. The Morgan fingerprint density at radius 2 is 0.982 bits per heavy atom. The summed E-state index contributed by atoms with van der Waals surface area (Å²) in [7, 11) is 0. The van der Waals surface area contributed by atoms with Crippen LogP contribution < -0.4 is 4.90 Å². The summed E-state index contributed by atoms with van der Waals surface area (Å²) < 4.78 is 9.64. The normalized spacial score (nSPS) is 13.1. The Balaban J connectivity index is 1.23. The molecule has 0 aliphatic heterocycles. The largest absolute Gasteiger partial charge is 0.453 e. The molecule has 56 heavy (non-hydrogen) atoms. The van der Waals surface area contributed by atoms with Gasteiger partial charge in [-0.05, 0) is 63.5 Å². The van der Waals surface area contributed by atoms with Crippen LogP contribution in [-0.2, 0) is 5.41 Å². The maximum absolute atomic E-state index is 7.12. The first kappa shape index (κ1) is 31.4. The van der Waals surface area contributed by atoms with E-state index in [4.69, 9.17) is 4.42 Å². The second-order valence-electron chi connectivity index (χ2n) is 14.7. The van der Waals surface area contributed by atoms with Crippen LogP contribution in [0.25, 0.3) is 64.0 Å². The number of benzene rings is 9. The van der Waals surface area contributed by atoms with E-state index in [2.05, 4.69) is 205 Å². The van der Waals surface area contributed by atoms with Gasteiger partial charge in [0.25, 0.3) is 0 Å². The van der Waals surface area contributed by atoms with Crippen molar-refractivity contribution in [2.45, 2.75) is 5.41 Å². The van der Waals surface area contributed by atoms with Crippen molar-refractivity contribution in [3.05, 3.63) is 222 Å². The Morgan fingerprint density at radius 1 is 0.393 bits per heavy atom. The minimum absolute atomic E-state index is 0.524. The molecule has 12 rings (SSSR count). The number of para-hydroxylation sites is 1. The molecular weight excluding hydrogens is 699 g/mol. The number of hydrogen-bond donors (Lipinski definition) is 0. The summed E-state index contributed by atoms with van der Waals surface area (Å²) >= 11 is 1.86. The molecule has 11 aromatic rings. The van der Waals surface area contributed by atoms with E-state index in [9.17, 15) is 0 Å². The maximum Gasteiger partial charge on any atom is 0.159 e. The summed E-state index contributed by atoms with van der Waals surface area (Å²) in [5.74, 6) is 0. The summed E-state index contributed by atoms with van der Waals surface area (Å²) in [6.07, 6.45) is 0. The molecule has 3 heteroatoms. The highest BCUT2D eigenvalue weighted by Crippen LogP contribution is 2.60. The smallest absolute Gasteiger partial charge is 0.159 e. The fraction of sp³-hybridized carbons (Fsp3) is 0.0189. The van der Waals surface area contributed by atoms with Crippen LogP contribution in [0.5, 0.6) is 0 Å². The molecule has 0 atom stereocenters. The number of hydrogen-bond acceptors (Lipinski definition) is 3. The van der Waals surface area contributed by atoms with Crippen molar-refractivity contribution in [1.29, 1.82) is 0 Å². The Kier molecular flexibility index (Phi) is 6.75. The first-order valence-electron chi connectivity index (χ1n) is 19.2. The number of furan rings is 1. The average Bonchev–Trinajstić information content (AvgIpc) is 3.94. The molecule has 0 radical (unpaired) electrons. The van der Waals surface area contributed by atoms with Crippen molar-refractivity contribution < 1.29 is 4.42 Å². The number of rotatable bonds is 5. The third-order valence-electron chi connectivity index (χ3n) is 11.9. The van der Waals surface area contributed by atoms with Crippen LogP contribution in [0.2, 0.25) is 0 Å². The maximum atomic E-state index is 7.12. The summed E-state index contributed by atoms with van der Waals surface area (Å²) in [6, 6.07) is 73.2. The molecule has 2 aromatic heterocycles. The topological polar surface area (TPSA) is 16.4 Å². The van der Waals surface area contributed by atoms with E-state index in [-0.39, 0.29) is 0 Å². The summed E-state index contributed by atoms with van der Waals surface area (Å²) in [6.45, 7) is 0. The molecule has 2 nitrogen and oxygen atoms in total. The van der Waals surface area contributed by atoms with E-state index in [1.54, 1.807) is 0 Å². The summed E-state index contributed by atoms with van der Waals surface area (Å²) in [4.78, 5) is 2.49. The molecule has 262 valence electrons. The van der Waals surface area contributed by atoms with Gasteiger partial charge in [0.1, 0.15) is 5.58 Å². The molecule has 0 unspecified atom stereocenters. The van der Waals surface area contributed by atoms with Gasteiger partial charge in [-0.3, -0.25) is 0 Å². The van der Waals surface area contributed by atoms with Crippen molar-refractivity contribution >= 4 is 81.3 Å². The molecule has 0 bridgehead atoms. The number of fused-ring (bicyclic) bond motifs is 11. The molecule has 0 N–H and O–H groups in total. The van der Waals surface area contributed by atoms with E-state index >= 15 is 0 Å². The van der Waals surface area contributed by atoms with Crippen LogP contribution in [0.15, 0.2) is 205 Å². The van der Waals surface area contributed by atoms with Crippen molar-refractivity contribution in [3.8, 4) is 11.1 Å². The summed E-state index contributed by atoms with van der Waals surface area (Å²) in [5, 5.41) is 7.05. The van der Waals surface area contributed by atoms with Gasteiger partial charge in [0.2, 0.25) is 0 Å². The molecule has 9 aromatic carbocycles. The molecule has 0 saturated carbocycles. The lowest BCUT2D eigenvalue weighted by Gasteiger charge is -2.34. The van der Waals surface area contributed by atoms with Crippen molar-refractivity contribution in [1.82, 2.24) is 0 Å². The van der Waals surface area contributed by atoms with E-state index in [1.165, 1.54) is 58.9 Å². The minimum Gasteiger partial charge on any atom is -0.453 e. The Hall–Kier alpha value is -6.94. The monoisotopic (exact) mass is 731 g/mol. The SMILES string of the molecule is c1ccc(C2(c3ccccc3)c3ccccc3-c3c(N(c4cccc5c4oc4c6ccccc6ccc54)c4cccc5c4sc4ccccc45)cccc32)cc1. The van der Waals surface area contributed by atoms with E-state index < -0.39 is 5.41 Å². The first-order valence-corrected chi connectivity index (χ1v) is 20.0. The quantitative estimate of drug-likeness (QED) is 0.175. The Bertz CT molecular complexity index is 3280. The number of anilines is 3. The lowest BCUT2D eigenvalue weighted by molar-refractivity contribution is 0.673. The van der Waals surface area contributed by atoms with E-state index in [0.29, 0.717) is 0 Å². The molecule has 0 fully saturated rings. The third kappa shape index (κ3) is 4.26. The Morgan fingerprint density at radius 3 is 1.80 bits per heavy atom. The van der Waals surface area contributed by atoms with Crippen LogP contribution in [0.3, 0.4) is 0 Å². The highest BCUT2D eigenvalue weighted by molar-refractivity contribution is 7.26. The lowest BCUT2D eigenvalue weighted by atomic mass is 9.68. The van der Waals surface area contributed by atoms with Crippen LogP contribution in [0, 0.1) is 0 Å². The van der Waals surface area contributed by atoms with Crippen LogP contribution >= 0.6 is 11.3 Å². The fourth-order valence-electron chi connectivity index (χ4n) is 9.65. The predicted octanol–water partition coefficient (Wildman–Crippen LogP) is 14.9. The standard InChI is InChI=1S/C53H33NOS/c1-3-17-35(18-4-1)53(36-19-5-2-6-20-36)43-26-11-9-23-42(43)49-44(53)27-15-28-45(49)54(47-30-14-25-41-38-22-10-12-31-48(38)56-52(41)47)46-29-13-24-39-40-33-32-34-16-7-8-21-37(34)50(40)55-51(39)46/h1-33H. The zero-order chi connectivity index (χ0) is 36.8. The van der Waals surface area contributed by atoms with Gasteiger partial charge < -0.3 is 9.32 Å². The lowest BCUT2D eigenvalue weighted by Crippen LogP contribution is -2.28. The second-order valence-corrected chi connectivity index (χ2v) is 15.8. The van der Waals surface area contributed by atoms with Crippen molar-refractivity contribution in [2.75, 3.05) is 4.90 Å². The van der Waals surface area contributed by atoms with Gasteiger partial charge in [0.05, 0.1) is 27.2 Å². The Labute approximate surface area is 328 Å². The van der Waals surface area contributed by atoms with Crippen LogP contribution in [0.1, 0.15) is 22.3 Å². The van der Waals surface area contributed by atoms with Gasteiger partial charge in [0, 0.05) is 37.2 Å². The molecule has 1 aliphatic carbocycles. The molecule has 0 saturated heterocycles. The average molecular weight is 732 g/mol. The van der Waals surface area contributed by atoms with E-state index in [1.807, 2.05) is 11.3 Å². The van der Waals surface area contributed by atoms with Crippen LogP contribution in [0.4, 0.5) is 17.1 Å². The molecular formula is C53H33NOS. The highest BCUT2D eigenvalue weighted by Gasteiger charge is 2.47. The van der Waals surface area contributed by atoms with Crippen molar-refractivity contribution in [2.24, 2.45) is 0 Å². The molecule has 0 amide bonds. The van der Waals surface area contributed by atoms with Gasteiger partial charge in [-0.2, -0.15) is 0 Å². The zero-order valence-corrected chi connectivity index (χ0v) is 31.1. The van der Waals surface area contributed by atoms with Gasteiger partial charge in [-0.25, -0.2) is 0 Å². The van der Waals surface area contributed by atoms with Crippen LogP contribution in [-0.4, -0.2) is 0 Å². The van der Waals surface area contributed by atoms with Crippen molar-refractivity contribution in [3.63, 3.8) is 0 Å². The summed E-state index contributed by atoms with van der Waals surface area (Å²) in [5.41, 5.74) is 12.0. The zero-order valence-electron chi connectivity index (χ0n) is 30.3. The molecule has 2 heterocycles. The second kappa shape index (κ2) is 12.0. The fourth-order valence-corrected chi connectivity index (χ4v) is 10.9. The van der Waals surface area contributed by atoms with Gasteiger partial charge in [0.15, 0.2) is 5.58 Å². The number of thiophene rings is 1. The van der Waals surface area contributed by atoms with Gasteiger partial charge in [-0.15, -0.1) is 11.3 Å². The minimum atomic E-state index is -0.524. The molecule has 0 spiro atoms.